The number of hydrogen-bond acceptors (Lipinski definition) is 7. The van der Waals surface area contributed by atoms with Gasteiger partial charge in [-0.15, -0.1) is 0 Å². The average Bonchev–Trinajstić information content (AvgIpc) is 3.29. The highest BCUT2D eigenvalue weighted by Gasteiger charge is 2.24. The van der Waals surface area contributed by atoms with Crippen LogP contribution < -0.4 is 10.6 Å². The van der Waals surface area contributed by atoms with Crippen LogP contribution in [-0.2, 0) is 21.2 Å². The molecule has 0 aromatic heterocycles. The van der Waals surface area contributed by atoms with Crippen molar-refractivity contribution < 1.29 is 23.1 Å². The molecule has 3 rings (SSSR count). The van der Waals surface area contributed by atoms with E-state index in [4.69, 9.17) is 23.2 Å². The Kier molecular flexibility index (Phi) is 9.41. The smallest absolute Gasteiger partial charge is 0.413 e. The van der Waals surface area contributed by atoms with E-state index in [9.17, 15) is 23.1 Å². The lowest BCUT2D eigenvalue weighted by Gasteiger charge is -2.14. The lowest BCUT2D eigenvalue weighted by molar-refractivity contribution is -0.113. The Labute approximate surface area is 213 Å². The monoisotopic (exact) mass is 538 g/mol. The van der Waals surface area contributed by atoms with E-state index in [-0.39, 0.29) is 39.7 Å². The summed E-state index contributed by atoms with van der Waals surface area (Å²) in [6.45, 7) is 1.52. The molecule has 0 atom stereocenters. The molecule has 0 fully saturated rings. The number of nitrogens with one attached hydrogen (secondary N) is 2. The van der Waals surface area contributed by atoms with Crippen LogP contribution in [0, 0.1) is 0 Å². The van der Waals surface area contributed by atoms with Crippen molar-refractivity contribution in [3.63, 3.8) is 0 Å². The number of aliphatic imine (C=N–C) groups is 1. The Hall–Kier alpha value is -2.76. The van der Waals surface area contributed by atoms with Crippen molar-refractivity contribution in [2.45, 2.75) is 11.4 Å². The largest absolute Gasteiger partial charge is 0.465 e. The molecule has 0 unspecified atom stereocenters. The minimum atomic E-state index is -3.73. The molecule has 1 aliphatic rings. The number of hydrogen-bond donors (Lipinski definition) is 3. The van der Waals surface area contributed by atoms with E-state index >= 15 is 0 Å². The van der Waals surface area contributed by atoms with E-state index in [0.717, 1.165) is 11.1 Å². The molecule has 1 heterocycles. The minimum Gasteiger partial charge on any atom is -0.465 e. The van der Waals surface area contributed by atoms with E-state index < -0.39 is 15.9 Å². The zero-order valence-electron chi connectivity index (χ0n) is 18.6. The molecule has 1 aliphatic heterocycles. The van der Waals surface area contributed by atoms with Gasteiger partial charge in [-0.25, -0.2) is 13.2 Å². The number of sulfone groups is 1. The first-order chi connectivity index (χ1) is 16.7. The molecule has 1 amide bonds. The summed E-state index contributed by atoms with van der Waals surface area (Å²) in [4.78, 5) is 28.6. The Morgan fingerprint density at radius 3 is 2.43 bits per heavy atom. The third-order valence-corrected chi connectivity index (χ3v) is 7.50. The van der Waals surface area contributed by atoms with Gasteiger partial charge >= 0.3 is 6.09 Å². The molecule has 2 aromatic rings. The Balaban J connectivity index is 1.39. The molecule has 186 valence electrons. The van der Waals surface area contributed by atoms with Crippen LogP contribution in [-0.4, -0.2) is 68.2 Å². The fourth-order valence-corrected chi connectivity index (χ4v) is 5.72. The van der Waals surface area contributed by atoms with Crippen LogP contribution in [0.3, 0.4) is 0 Å². The van der Waals surface area contributed by atoms with Crippen LogP contribution in [0.1, 0.15) is 11.1 Å². The Morgan fingerprint density at radius 2 is 1.77 bits per heavy atom. The summed E-state index contributed by atoms with van der Waals surface area (Å²) >= 11 is 11.9. The maximum absolute atomic E-state index is 12.4. The SMILES string of the molecule is O=C(C=CCNCS(=O)(=O)c1c(Cl)cccc1Cl)CNCc1ccc(C2=NCCN2C(=O)O)cc1. The zero-order chi connectivity index (χ0) is 25.4. The van der Waals surface area contributed by atoms with Gasteiger partial charge in [0.05, 0.1) is 29.7 Å². The number of rotatable bonds is 11. The van der Waals surface area contributed by atoms with Crippen LogP contribution in [0.5, 0.6) is 0 Å². The van der Waals surface area contributed by atoms with Gasteiger partial charge in [0.25, 0.3) is 0 Å². The molecule has 35 heavy (non-hydrogen) atoms. The molecule has 0 spiro atoms. The summed E-state index contributed by atoms with van der Waals surface area (Å²) < 4.78 is 24.8. The molecule has 0 radical (unpaired) electrons. The van der Waals surface area contributed by atoms with Gasteiger partial charge in [-0.2, -0.15) is 0 Å². The normalized spacial score (nSPS) is 13.9. The quantitative estimate of drug-likeness (QED) is 0.296. The summed E-state index contributed by atoms with van der Waals surface area (Å²) in [5, 5.41) is 15.1. The lowest BCUT2D eigenvalue weighted by Crippen LogP contribution is -2.33. The first-order valence-corrected chi connectivity index (χ1v) is 13.0. The van der Waals surface area contributed by atoms with Gasteiger partial charge < -0.3 is 10.4 Å². The van der Waals surface area contributed by atoms with Gasteiger partial charge in [-0.05, 0) is 23.8 Å². The predicted molar refractivity (Wildman–Crippen MR) is 135 cm³/mol. The van der Waals surface area contributed by atoms with Crippen molar-refractivity contribution in [3.8, 4) is 0 Å². The number of nitrogens with zero attached hydrogens (tertiary/aromatic N) is 2. The average molecular weight is 539 g/mol. The molecule has 12 heteroatoms. The van der Waals surface area contributed by atoms with Crippen molar-refractivity contribution in [2.24, 2.45) is 4.99 Å². The highest BCUT2D eigenvalue weighted by Crippen LogP contribution is 2.29. The number of benzene rings is 2. The first-order valence-electron chi connectivity index (χ1n) is 10.6. The molecule has 0 saturated carbocycles. The standard InChI is InChI=1S/C23H24Cl2N4O5S/c24-19-4-1-5-20(25)21(19)35(33,34)15-26-10-2-3-18(30)14-27-13-16-6-8-17(9-7-16)22-28-11-12-29(22)23(31)32/h1-9,26-27H,10-15H2,(H,31,32). The second-order valence-corrected chi connectivity index (χ2v) is 10.3. The van der Waals surface area contributed by atoms with Crippen LogP contribution in [0.15, 0.2) is 64.5 Å². The maximum Gasteiger partial charge on any atom is 0.413 e. The van der Waals surface area contributed by atoms with Crippen molar-refractivity contribution in [2.75, 3.05) is 32.1 Å². The maximum atomic E-state index is 12.4. The Bertz CT molecular complexity index is 1230. The number of halogens is 2. The summed E-state index contributed by atoms with van der Waals surface area (Å²) in [5.74, 6) is -0.105. The molecule has 9 nitrogen and oxygen atoms in total. The summed E-state index contributed by atoms with van der Waals surface area (Å²) in [7, 11) is -3.73. The lowest BCUT2D eigenvalue weighted by atomic mass is 10.1. The van der Waals surface area contributed by atoms with Crippen LogP contribution in [0.2, 0.25) is 10.0 Å². The number of amides is 1. The van der Waals surface area contributed by atoms with Gasteiger partial charge in [0.15, 0.2) is 15.6 Å². The molecular weight excluding hydrogens is 515 g/mol. The van der Waals surface area contributed by atoms with Crippen molar-refractivity contribution >= 4 is 50.8 Å². The van der Waals surface area contributed by atoms with Gasteiger partial charge in [-0.3, -0.25) is 20.0 Å². The highest BCUT2D eigenvalue weighted by atomic mass is 35.5. The third kappa shape index (κ3) is 7.36. The minimum absolute atomic E-state index is 0.0558. The van der Waals surface area contributed by atoms with Gasteiger partial charge in [-0.1, -0.05) is 59.6 Å². The fourth-order valence-electron chi connectivity index (χ4n) is 3.36. The molecule has 0 aliphatic carbocycles. The summed E-state index contributed by atoms with van der Waals surface area (Å²) in [5.41, 5.74) is 1.65. The number of amidine groups is 1. The van der Waals surface area contributed by atoms with E-state index in [2.05, 4.69) is 15.6 Å². The first kappa shape index (κ1) is 26.8. The molecule has 2 aromatic carbocycles. The van der Waals surface area contributed by atoms with Gasteiger partial charge in [0, 0.05) is 18.7 Å². The predicted octanol–water partition coefficient (Wildman–Crippen LogP) is 2.97. The van der Waals surface area contributed by atoms with Crippen LogP contribution >= 0.6 is 23.2 Å². The number of carbonyl (C=O) groups is 2. The van der Waals surface area contributed by atoms with E-state index in [0.29, 0.717) is 25.5 Å². The highest BCUT2D eigenvalue weighted by molar-refractivity contribution is 7.91. The topological polar surface area (TPSA) is 128 Å². The number of ketones is 1. The number of carboxylic acid groups (broad SMARTS) is 1. The van der Waals surface area contributed by atoms with E-state index in [1.165, 1.54) is 23.1 Å². The zero-order valence-corrected chi connectivity index (χ0v) is 20.9. The van der Waals surface area contributed by atoms with E-state index in [1.54, 1.807) is 24.3 Å². The van der Waals surface area contributed by atoms with E-state index in [1.807, 2.05) is 12.1 Å². The van der Waals surface area contributed by atoms with Crippen molar-refractivity contribution in [1.82, 2.24) is 15.5 Å². The van der Waals surface area contributed by atoms with Gasteiger partial charge in [0.1, 0.15) is 16.6 Å². The van der Waals surface area contributed by atoms with Crippen molar-refractivity contribution in [1.29, 1.82) is 0 Å². The molecule has 3 N–H and O–H groups in total. The van der Waals surface area contributed by atoms with Gasteiger partial charge in [0.2, 0.25) is 0 Å². The number of carbonyl (C=O) groups excluding carboxylic acids is 1. The van der Waals surface area contributed by atoms with Crippen LogP contribution in [0.25, 0.3) is 0 Å². The summed E-state index contributed by atoms with van der Waals surface area (Å²) in [6, 6.07) is 11.8. The van der Waals surface area contributed by atoms with Crippen LogP contribution in [0.4, 0.5) is 4.79 Å². The van der Waals surface area contributed by atoms with Crippen molar-refractivity contribution in [3.05, 3.63) is 75.8 Å². The molecular formula is C23H24Cl2N4O5S. The summed E-state index contributed by atoms with van der Waals surface area (Å²) in [6.07, 6.45) is 1.89. The molecule has 0 saturated heterocycles. The third-order valence-electron chi connectivity index (χ3n) is 5.00. The second kappa shape index (κ2) is 12.3. The fraction of sp³-hybridized carbons (Fsp3) is 0.261. The Morgan fingerprint density at radius 1 is 1.09 bits per heavy atom. The molecule has 0 bridgehead atoms. The second-order valence-electron chi connectivity index (χ2n) is 7.57.